The molecule has 3 amide bonds. The molecule has 4 rings (SSSR count). The van der Waals surface area contributed by atoms with E-state index in [1.54, 1.807) is 0 Å². The predicted octanol–water partition coefficient (Wildman–Crippen LogP) is 3.10. The Labute approximate surface area is 175 Å². The van der Waals surface area contributed by atoms with Gasteiger partial charge in [-0.1, -0.05) is 32.4 Å². The van der Waals surface area contributed by atoms with Crippen LogP contribution in [0.4, 0.5) is 4.79 Å². The summed E-state index contributed by atoms with van der Waals surface area (Å²) in [7, 11) is 0. The lowest BCUT2D eigenvalue weighted by atomic mass is 10.0. The predicted molar refractivity (Wildman–Crippen MR) is 116 cm³/mol. The molecule has 0 spiro atoms. The first-order valence-corrected chi connectivity index (χ1v) is 11.5. The number of thioether (sulfide) groups is 1. The Morgan fingerprint density at radius 2 is 2.10 bits per heavy atom. The highest BCUT2D eigenvalue weighted by molar-refractivity contribution is 8.00. The van der Waals surface area contributed by atoms with Crippen molar-refractivity contribution in [3.05, 3.63) is 30.1 Å². The van der Waals surface area contributed by atoms with Gasteiger partial charge in [-0.2, -0.15) is 11.8 Å². The van der Waals surface area contributed by atoms with E-state index in [0.29, 0.717) is 11.7 Å². The van der Waals surface area contributed by atoms with E-state index in [9.17, 15) is 9.59 Å². The van der Waals surface area contributed by atoms with Crippen molar-refractivity contribution in [3.8, 4) is 0 Å². The molecular formula is C21H29N5O2S. The zero-order valence-corrected chi connectivity index (χ0v) is 17.7. The van der Waals surface area contributed by atoms with Crippen LogP contribution in [0.1, 0.15) is 51.4 Å². The number of fused-ring (bicyclic) bond motifs is 2. The highest BCUT2D eigenvalue weighted by atomic mass is 32.2. The van der Waals surface area contributed by atoms with Crippen LogP contribution in [0.15, 0.2) is 24.3 Å². The standard InChI is InChI=1S/C21H29N5O2S/c1-12(2)18(20-22-13-7-3-4-8-14(13)23-20)25-17(27)10-6-5-9-16-19-15(11-29-16)24-21(28)26-19/h3-4,7-8,12,15-16,18-19H,5-6,9-11H2,1-2H3,(H,22,23)(H,25,27)(H2,24,26,28). The molecule has 2 fully saturated rings. The molecule has 3 heterocycles. The van der Waals surface area contributed by atoms with Crippen molar-refractivity contribution >= 4 is 34.7 Å². The third-order valence-electron chi connectivity index (χ3n) is 5.77. The number of H-pyrrole nitrogens is 1. The van der Waals surface area contributed by atoms with E-state index in [1.807, 2.05) is 36.0 Å². The molecule has 0 radical (unpaired) electrons. The zero-order chi connectivity index (χ0) is 20.4. The normalized spacial score (nSPS) is 24.4. The number of carbonyl (C=O) groups excluding carboxylic acids is 2. The number of nitrogens with zero attached hydrogens (tertiary/aromatic N) is 1. The van der Waals surface area contributed by atoms with Crippen molar-refractivity contribution in [2.45, 2.75) is 62.9 Å². The van der Waals surface area contributed by atoms with Crippen molar-refractivity contribution in [2.75, 3.05) is 5.75 Å². The number of para-hydroxylation sites is 2. The molecule has 0 aliphatic carbocycles. The summed E-state index contributed by atoms with van der Waals surface area (Å²) in [4.78, 5) is 32.0. The number of aromatic nitrogens is 2. The van der Waals surface area contributed by atoms with E-state index in [4.69, 9.17) is 0 Å². The molecule has 2 aromatic rings. The average molecular weight is 416 g/mol. The molecule has 156 valence electrons. The van der Waals surface area contributed by atoms with E-state index in [0.717, 1.165) is 41.9 Å². The first-order valence-electron chi connectivity index (χ1n) is 10.4. The summed E-state index contributed by atoms with van der Waals surface area (Å²) in [5.74, 6) is 2.09. The smallest absolute Gasteiger partial charge is 0.315 e. The molecule has 8 heteroatoms. The Hall–Kier alpha value is -2.22. The number of hydrogen-bond acceptors (Lipinski definition) is 4. The topological polar surface area (TPSA) is 98.9 Å². The van der Waals surface area contributed by atoms with E-state index in [-0.39, 0.29) is 36.0 Å². The third-order valence-corrected chi connectivity index (χ3v) is 7.27. The molecule has 4 N–H and O–H groups in total. The number of urea groups is 1. The number of amides is 3. The van der Waals surface area contributed by atoms with Crippen LogP contribution in [-0.4, -0.2) is 45.0 Å². The summed E-state index contributed by atoms with van der Waals surface area (Å²) in [5.41, 5.74) is 1.91. The molecule has 1 aromatic heterocycles. The van der Waals surface area contributed by atoms with Crippen LogP contribution >= 0.6 is 11.8 Å². The Morgan fingerprint density at radius 3 is 2.90 bits per heavy atom. The second kappa shape index (κ2) is 8.65. The molecule has 0 bridgehead atoms. The summed E-state index contributed by atoms with van der Waals surface area (Å²) in [6.07, 6.45) is 3.38. The van der Waals surface area contributed by atoms with E-state index in [2.05, 4.69) is 39.8 Å². The highest BCUT2D eigenvalue weighted by Crippen LogP contribution is 2.33. The SMILES string of the molecule is CC(C)C(NC(=O)CCCCC1SCC2NC(=O)NC21)c1nc2ccccc2[nH]1. The summed E-state index contributed by atoms with van der Waals surface area (Å²) in [6, 6.07) is 8.24. The number of aromatic amines is 1. The summed E-state index contributed by atoms with van der Waals surface area (Å²) in [5, 5.41) is 9.60. The van der Waals surface area contributed by atoms with Crippen molar-refractivity contribution < 1.29 is 9.59 Å². The quantitative estimate of drug-likeness (QED) is 0.393. The fourth-order valence-corrected chi connectivity index (χ4v) is 5.73. The first kappa shape index (κ1) is 20.1. The molecule has 2 aliphatic rings. The van der Waals surface area contributed by atoms with E-state index in [1.165, 1.54) is 0 Å². The van der Waals surface area contributed by atoms with Crippen LogP contribution in [0.2, 0.25) is 0 Å². The number of rotatable bonds is 8. The van der Waals surface area contributed by atoms with Gasteiger partial charge in [0.05, 0.1) is 29.2 Å². The molecule has 7 nitrogen and oxygen atoms in total. The summed E-state index contributed by atoms with van der Waals surface area (Å²) in [6.45, 7) is 4.19. The number of unbranched alkanes of at least 4 members (excludes halogenated alkanes) is 1. The van der Waals surface area contributed by atoms with Gasteiger partial charge in [0.1, 0.15) is 5.82 Å². The largest absolute Gasteiger partial charge is 0.346 e. The van der Waals surface area contributed by atoms with Crippen molar-refractivity contribution in [1.29, 1.82) is 0 Å². The number of imidazole rings is 1. The van der Waals surface area contributed by atoms with Gasteiger partial charge in [-0.05, 0) is 30.9 Å². The Bertz CT molecular complexity index is 850. The lowest BCUT2D eigenvalue weighted by Crippen LogP contribution is -2.36. The fraction of sp³-hybridized carbons (Fsp3) is 0.571. The molecule has 2 saturated heterocycles. The Kier molecular flexibility index (Phi) is 5.99. The van der Waals surface area contributed by atoms with E-state index >= 15 is 0 Å². The van der Waals surface area contributed by atoms with Gasteiger partial charge in [0.15, 0.2) is 0 Å². The van der Waals surface area contributed by atoms with Crippen molar-refractivity contribution in [2.24, 2.45) is 5.92 Å². The number of carbonyl (C=O) groups is 2. The van der Waals surface area contributed by atoms with Gasteiger partial charge in [-0.3, -0.25) is 4.79 Å². The zero-order valence-electron chi connectivity index (χ0n) is 16.9. The lowest BCUT2D eigenvalue weighted by molar-refractivity contribution is -0.122. The van der Waals surface area contributed by atoms with Crippen LogP contribution in [-0.2, 0) is 4.79 Å². The highest BCUT2D eigenvalue weighted by Gasteiger charge is 2.42. The maximum absolute atomic E-state index is 12.5. The molecule has 1 aromatic carbocycles. The average Bonchev–Trinajstić information content (AvgIpc) is 3.37. The molecule has 4 unspecified atom stereocenters. The van der Waals surface area contributed by atoms with Gasteiger partial charge in [-0.15, -0.1) is 0 Å². The third kappa shape index (κ3) is 4.52. The van der Waals surface area contributed by atoms with Crippen LogP contribution in [0.5, 0.6) is 0 Å². The summed E-state index contributed by atoms with van der Waals surface area (Å²) >= 11 is 1.92. The maximum Gasteiger partial charge on any atom is 0.315 e. The van der Waals surface area contributed by atoms with Crippen molar-refractivity contribution in [3.63, 3.8) is 0 Å². The van der Waals surface area contributed by atoms with Gasteiger partial charge >= 0.3 is 6.03 Å². The van der Waals surface area contributed by atoms with Crippen LogP contribution in [0, 0.1) is 5.92 Å². The van der Waals surface area contributed by atoms with Crippen LogP contribution in [0.3, 0.4) is 0 Å². The minimum Gasteiger partial charge on any atom is -0.346 e. The number of nitrogens with one attached hydrogen (secondary N) is 4. The lowest BCUT2D eigenvalue weighted by Gasteiger charge is -2.20. The van der Waals surface area contributed by atoms with Gasteiger partial charge in [-0.25, -0.2) is 9.78 Å². The molecule has 4 atom stereocenters. The van der Waals surface area contributed by atoms with E-state index < -0.39 is 0 Å². The monoisotopic (exact) mass is 415 g/mol. The van der Waals surface area contributed by atoms with Gasteiger partial charge in [0.2, 0.25) is 5.91 Å². The number of benzene rings is 1. The maximum atomic E-state index is 12.5. The van der Waals surface area contributed by atoms with Gasteiger partial charge in [0.25, 0.3) is 0 Å². The van der Waals surface area contributed by atoms with Gasteiger partial charge < -0.3 is 20.9 Å². The van der Waals surface area contributed by atoms with Crippen molar-refractivity contribution in [1.82, 2.24) is 25.9 Å². The van der Waals surface area contributed by atoms with Gasteiger partial charge in [0, 0.05) is 17.4 Å². The molecule has 2 aliphatic heterocycles. The Morgan fingerprint density at radius 1 is 1.28 bits per heavy atom. The Balaban J connectivity index is 1.25. The summed E-state index contributed by atoms with van der Waals surface area (Å²) < 4.78 is 0. The number of hydrogen-bond donors (Lipinski definition) is 4. The fourth-order valence-electron chi connectivity index (χ4n) is 4.19. The van der Waals surface area contributed by atoms with Crippen LogP contribution in [0.25, 0.3) is 11.0 Å². The van der Waals surface area contributed by atoms with Crippen LogP contribution < -0.4 is 16.0 Å². The molecule has 29 heavy (non-hydrogen) atoms. The first-order chi connectivity index (χ1) is 14.0. The minimum atomic E-state index is -0.124. The second-order valence-electron chi connectivity index (χ2n) is 8.30. The molecule has 0 saturated carbocycles. The minimum absolute atomic E-state index is 0.0463. The second-order valence-corrected chi connectivity index (χ2v) is 9.57. The molecular weight excluding hydrogens is 386 g/mol.